The molecule has 3 N–H and O–H groups in total. The monoisotopic (exact) mass is 478 g/mol. The summed E-state index contributed by atoms with van der Waals surface area (Å²) in [7, 11) is 0. The molecule has 1 aliphatic heterocycles. The molecule has 1 heterocycles. The molecular formula is C21H27IN4O. The highest BCUT2D eigenvalue weighted by atomic mass is 127. The summed E-state index contributed by atoms with van der Waals surface area (Å²) in [4.78, 5) is 18.1. The van der Waals surface area contributed by atoms with Gasteiger partial charge in [0.1, 0.15) is 0 Å². The van der Waals surface area contributed by atoms with Crippen LogP contribution in [0.5, 0.6) is 0 Å². The SMILES string of the molecule is CCc1cccc(NC(N)=NCc2cccc(CN3CCCC3=O)c2)c1.I. The van der Waals surface area contributed by atoms with Crippen molar-refractivity contribution in [3.05, 3.63) is 65.2 Å². The van der Waals surface area contributed by atoms with Gasteiger partial charge in [-0.25, -0.2) is 4.99 Å². The zero-order valence-electron chi connectivity index (χ0n) is 15.6. The summed E-state index contributed by atoms with van der Waals surface area (Å²) in [5.41, 5.74) is 10.4. The zero-order chi connectivity index (χ0) is 18.4. The average molecular weight is 478 g/mol. The van der Waals surface area contributed by atoms with E-state index in [0.29, 0.717) is 25.5 Å². The fraction of sp³-hybridized carbons (Fsp3) is 0.333. The van der Waals surface area contributed by atoms with E-state index in [0.717, 1.165) is 36.2 Å². The minimum Gasteiger partial charge on any atom is -0.370 e. The molecule has 0 aromatic heterocycles. The molecule has 0 atom stereocenters. The molecule has 0 bridgehead atoms. The van der Waals surface area contributed by atoms with Gasteiger partial charge in [0.15, 0.2) is 5.96 Å². The average Bonchev–Trinajstić information content (AvgIpc) is 3.05. The van der Waals surface area contributed by atoms with Crippen LogP contribution in [-0.2, 0) is 24.3 Å². The van der Waals surface area contributed by atoms with E-state index in [-0.39, 0.29) is 29.9 Å². The summed E-state index contributed by atoms with van der Waals surface area (Å²) in [6.07, 6.45) is 2.62. The lowest BCUT2D eigenvalue weighted by atomic mass is 10.1. The minimum absolute atomic E-state index is 0. The number of aliphatic imine (C=N–C) groups is 1. The van der Waals surface area contributed by atoms with E-state index in [2.05, 4.69) is 41.5 Å². The summed E-state index contributed by atoms with van der Waals surface area (Å²) in [6, 6.07) is 16.4. The second-order valence-corrected chi connectivity index (χ2v) is 6.62. The van der Waals surface area contributed by atoms with E-state index in [4.69, 9.17) is 5.73 Å². The van der Waals surface area contributed by atoms with E-state index in [1.807, 2.05) is 29.2 Å². The first-order valence-corrected chi connectivity index (χ1v) is 9.15. The molecule has 1 fully saturated rings. The van der Waals surface area contributed by atoms with Gasteiger partial charge in [-0.1, -0.05) is 43.3 Å². The Morgan fingerprint density at radius 2 is 1.89 bits per heavy atom. The summed E-state index contributed by atoms with van der Waals surface area (Å²) < 4.78 is 0. The van der Waals surface area contributed by atoms with Gasteiger partial charge < -0.3 is 16.0 Å². The van der Waals surface area contributed by atoms with E-state index < -0.39 is 0 Å². The summed E-state index contributed by atoms with van der Waals surface area (Å²) in [6.45, 7) is 4.16. The van der Waals surface area contributed by atoms with Crippen LogP contribution in [0.25, 0.3) is 0 Å². The van der Waals surface area contributed by atoms with Crippen molar-refractivity contribution in [3.8, 4) is 0 Å². The van der Waals surface area contributed by atoms with Crippen molar-refractivity contribution in [1.82, 2.24) is 4.90 Å². The molecular weight excluding hydrogens is 451 g/mol. The molecule has 2 aromatic carbocycles. The van der Waals surface area contributed by atoms with E-state index in [9.17, 15) is 4.79 Å². The van der Waals surface area contributed by atoms with Crippen LogP contribution >= 0.6 is 24.0 Å². The van der Waals surface area contributed by atoms with Crippen molar-refractivity contribution in [2.24, 2.45) is 10.7 Å². The number of nitrogens with one attached hydrogen (secondary N) is 1. The third-order valence-electron chi connectivity index (χ3n) is 4.58. The first-order chi connectivity index (χ1) is 12.6. The van der Waals surface area contributed by atoms with Crippen molar-refractivity contribution in [2.45, 2.75) is 39.3 Å². The second kappa shape index (κ2) is 10.3. The van der Waals surface area contributed by atoms with Gasteiger partial charge in [0.2, 0.25) is 5.91 Å². The summed E-state index contributed by atoms with van der Waals surface area (Å²) >= 11 is 0. The third kappa shape index (κ3) is 6.23. The Kier molecular flexibility index (Phi) is 8.09. The predicted molar refractivity (Wildman–Crippen MR) is 121 cm³/mol. The Hall–Kier alpha value is -2.09. The van der Waals surface area contributed by atoms with Gasteiger partial charge in [0.25, 0.3) is 0 Å². The lowest BCUT2D eigenvalue weighted by molar-refractivity contribution is -0.128. The van der Waals surface area contributed by atoms with Crippen LogP contribution in [0.1, 0.15) is 36.5 Å². The van der Waals surface area contributed by atoms with E-state index in [1.165, 1.54) is 5.56 Å². The van der Waals surface area contributed by atoms with Crippen molar-refractivity contribution < 1.29 is 4.79 Å². The number of guanidine groups is 1. The second-order valence-electron chi connectivity index (χ2n) is 6.62. The molecule has 0 aliphatic carbocycles. The van der Waals surface area contributed by atoms with Gasteiger partial charge in [-0.3, -0.25) is 4.79 Å². The highest BCUT2D eigenvalue weighted by Gasteiger charge is 2.19. The van der Waals surface area contributed by atoms with Gasteiger partial charge in [0.05, 0.1) is 6.54 Å². The van der Waals surface area contributed by atoms with Gasteiger partial charge >= 0.3 is 0 Å². The molecule has 0 unspecified atom stereocenters. The number of nitrogens with two attached hydrogens (primary N) is 1. The standard InChI is InChI=1S/C21H26N4O.HI/c1-2-16-6-4-9-19(13-16)24-21(22)23-14-17-7-3-8-18(12-17)15-25-11-5-10-20(25)26;/h3-4,6-9,12-13H,2,5,10-11,14-15H2,1H3,(H3,22,23,24);1H. The molecule has 0 spiro atoms. The molecule has 0 radical (unpaired) electrons. The molecule has 6 heteroatoms. The van der Waals surface area contributed by atoms with Gasteiger partial charge in [-0.15, -0.1) is 24.0 Å². The van der Waals surface area contributed by atoms with Gasteiger partial charge in [-0.2, -0.15) is 0 Å². The number of likely N-dealkylation sites (tertiary alicyclic amines) is 1. The van der Waals surface area contributed by atoms with Crippen LogP contribution in [0.4, 0.5) is 5.69 Å². The molecule has 5 nitrogen and oxygen atoms in total. The quantitative estimate of drug-likeness (QED) is 0.376. The van der Waals surface area contributed by atoms with Gasteiger partial charge in [-0.05, 0) is 41.7 Å². The number of hydrogen-bond acceptors (Lipinski definition) is 2. The van der Waals surface area contributed by atoms with E-state index >= 15 is 0 Å². The minimum atomic E-state index is 0. The Balaban J connectivity index is 0.00000261. The molecule has 1 amide bonds. The number of nitrogens with zero attached hydrogens (tertiary/aromatic N) is 2. The highest BCUT2D eigenvalue weighted by Crippen LogP contribution is 2.16. The Labute approximate surface area is 178 Å². The highest BCUT2D eigenvalue weighted by molar-refractivity contribution is 14.0. The number of halogens is 1. The Bertz CT molecular complexity index is 806. The number of carbonyl (C=O) groups is 1. The number of amides is 1. The van der Waals surface area contributed by atoms with Crippen molar-refractivity contribution in [1.29, 1.82) is 0 Å². The molecule has 144 valence electrons. The maximum absolute atomic E-state index is 11.8. The normalized spacial score (nSPS) is 14.2. The van der Waals surface area contributed by atoms with Crippen molar-refractivity contribution in [3.63, 3.8) is 0 Å². The number of carbonyl (C=O) groups excluding carboxylic acids is 1. The fourth-order valence-electron chi connectivity index (χ4n) is 3.15. The van der Waals surface area contributed by atoms with Crippen LogP contribution in [-0.4, -0.2) is 23.3 Å². The molecule has 1 saturated heterocycles. The number of anilines is 1. The zero-order valence-corrected chi connectivity index (χ0v) is 18.0. The number of aryl methyl sites for hydroxylation is 1. The fourth-order valence-corrected chi connectivity index (χ4v) is 3.15. The van der Waals surface area contributed by atoms with Crippen LogP contribution in [0.3, 0.4) is 0 Å². The predicted octanol–water partition coefficient (Wildman–Crippen LogP) is 3.92. The largest absolute Gasteiger partial charge is 0.370 e. The topological polar surface area (TPSA) is 70.7 Å². The van der Waals surface area contributed by atoms with Gasteiger partial charge in [0, 0.05) is 25.2 Å². The molecule has 0 saturated carbocycles. The molecule has 1 aliphatic rings. The number of benzene rings is 2. The molecule has 27 heavy (non-hydrogen) atoms. The molecule has 2 aromatic rings. The first-order valence-electron chi connectivity index (χ1n) is 9.15. The smallest absolute Gasteiger partial charge is 0.222 e. The third-order valence-corrected chi connectivity index (χ3v) is 4.58. The summed E-state index contributed by atoms with van der Waals surface area (Å²) in [5.74, 6) is 0.648. The maximum atomic E-state index is 11.8. The number of hydrogen-bond donors (Lipinski definition) is 2. The van der Waals surface area contributed by atoms with E-state index in [1.54, 1.807) is 0 Å². The first kappa shape index (κ1) is 21.2. The lowest BCUT2D eigenvalue weighted by Gasteiger charge is -2.15. The Morgan fingerprint density at radius 3 is 2.63 bits per heavy atom. The lowest BCUT2D eigenvalue weighted by Crippen LogP contribution is -2.24. The van der Waals surface area contributed by atoms with Crippen LogP contribution in [0.2, 0.25) is 0 Å². The van der Waals surface area contributed by atoms with Crippen molar-refractivity contribution >= 4 is 41.5 Å². The maximum Gasteiger partial charge on any atom is 0.222 e. The van der Waals surface area contributed by atoms with Crippen LogP contribution < -0.4 is 11.1 Å². The van der Waals surface area contributed by atoms with Crippen molar-refractivity contribution in [2.75, 3.05) is 11.9 Å². The van der Waals surface area contributed by atoms with Crippen LogP contribution in [0, 0.1) is 0 Å². The Morgan fingerprint density at radius 1 is 1.15 bits per heavy atom. The van der Waals surface area contributed by atoms with Crippen LogP contribution in [0.15, 0.2) is 53.5 Å². The molecule has 3 rings (SSSR count). The number of rotatable bonds is 6. The summed E-state index contributed by atoms with van der Waals surface area (Å²) in [5, 5.41) is 3.14.